The number of anilines is 1. The summed E-state index contributed by atoms with van der Waals surface area (Å²) >= 11 is 0. The van der Waals surface area contributed by atoms with Crippen LogP contribution in [0.3, 0.4) is 0 Å². The minimum absolute atomic E-state index is 0.0169. The Labute approximate surface area is 98.1 Å². The number of hydrogen-bond acceptors (Lipinski definition) is 7. The van der Waals surface area contributed by atoms with Gasteiger partial charge in [0.05, 0.1) is 12.1 Å². The van der Waals surface area contributed by atoms with E-state index in [-0.39, 0.29) is 12.1 Å². The molecule has 0 spiro atoms. The van der Waals surface area contributed by atoms with Gasteiger partial charge in [-0.1, -0.05) is 5.10 Å². The van der Waals surface area contributed by atoms with Crippen molar-refractivity contribution in [3.8, 4) is 6.07 Å². The van der Waals surface area contributed by atoms with Crippen LogP contribution >= 0.6 is 0 Å². The summed E-state index contributed by atoms with van der Waals surface area (Å²) in [6.45, 7) is 0.878. The molecule has 2 rings (SSSR count). The third kappa shape index (κ3) is 2.92. The first-order chi connectivity index (χ1) is 8.11. The molecule has 1 fully saturated rings. The molecule has 8 nitrogen and oxygen atoms in total. The van der Waals surface area contributed by atoms with Gasteiger partial charge < -0.3 is 9.73 Å². The van der Waals surface area contributed by atoms with E-state index >= 15 is 0 Å². The topological polar surface area (TPSA) is 121 Å². The molecule has 0 radical (unpaired) electrons. The van der Waals surface area contributed by atoms with E-state index in [2.05, 4.69) is 15.5 Å². The maximum Gasteiger partial charge on any atom is 0.329 e. The Balaban J connectivity index is 2.06. The standard InChI is InChI=1S/C8H11N5O3S/c9-3-5-17(14,15)13-8-12-11-7(16-8)6-2-1-4-10-6/h6,10H,1-2,4-5H2,(H,12,13). The summed E-state index contributed by atoms with van der Waals surface area (Å²) in [6, 6.07) is 1.32. The molecule has 1 aliphatic rings. The number of hydrogen-bond donors (Lipinski definition) is 2. The second-order valence-electron chi connectivity index (χ2n) is 3.61. The molecule has 0 saturated carbocycles. The van der Waals surface area contributed by atoms with Crippen LogP contribution in [-0.2, 0) is 10.0 Å². The van der Waals surface area contributed by atoms with Crippen molar-refractivity contribution in [3.63, 3.8) is 0 Å². The number of aromatic nitrogens is 2. The highest BCUT2D eigenvalue weighted by atomic mass is 32.2. The fourth-order valence-electron chi connectivity index (χ4n) is 1.57. The van der Waals surface area contributed by atoms with Crippen molar-refractivity contribution in [1.29, 1.82) is 5.26 Å². The molecule has 2 heterocycles. The molecule has 0 aromatic carbocycles. The summed E-state index contributed by atoms with van der Waals surface area (Å²) in [4.78, 5) is 0. The molecule has 0 aliphatic carbocycles. The van der Waals surface area contributed by atoms with Gasteiger partial charge in [-0.2, -0.15) is 5.26 Å². The average Bonchev–Trinajstić information content (AvgIpc) is 2.85. The molecule has 1 aromatic rings. The molecule has 1 aromatic heterocycles. The lowest BCUT2D eigenvalue weighted by atomic mass is 10.2. The van der Waals surface area contributed by atoms with E-state index in [9.17, 15) is 8.42 Å². The summed E-state index contributed by atoms with van der Waals surface area (Å²) in [6.07, 6.45) is 1.90. The first-order valence-electron chi connectivity index (χ1n) is 5.05. The van der Waals surface area contributed by atoms with Gasteiger partial charge in [0.25, 0.3) is 0 Å². The normalized spacial score (nSPS) is 20.1. The number of rotatable bonds is 4. The van der Waals surface area contributed by atoms with Crippen molar-refractivity contribution in [2.24, 2.45) is 0 Å². The molecule has 1 aliphatic heterocycles. The lowest BCUT2D eigenvalue weighted by molar-refractivity contribution is 0.439. The zero-order valence-corrected chi connectivity index (χ0v) is 9.70. The highest BCUT2D eigenvalue weighted by Crippen LogP contribution is 2.22. The number of nitrogens with zero attached hydrogens (tertiary/aromatic N) is 3. The largest absolute Gasteiger partial charge is 0.406 e. The van der Waals surface area contributed by atoms with E-state index in [1.807, 2.05) is 4.72 Å². The molecular formula is C8H11N5O3S. The minimum atomic E-state index is -3.72. The third-order valence-electron chi connectivity index (χ3n) is 2.30. The van der Waals surface area contributed by atoms with Crippen molar-refractivity contribution in [1.82, 2.24) is 15.5 Å². The monoisotopic (exact) mass is 257 g/mol. The van der Waals surface area contributed by atoms with Crippen LogP contribution < -0.4 is 10.0 Å². The maximum absolute atomic E-state index is 11.3. The molecule has 0 bridgehead atoms. The third-order valence-corrected chi connectivity index (χ3v) is 3.29. The quantitative estimate of drug-likeness (QED) is 0.763. The predicted octanol–water partition coefficient (Wildman–Crippen LogP) is -0.241. The van der Waals surface area contributed by atoms with Gasteiger partial charge in [-0.3, -0.25) is 0 Å². The van der Waals surface area contributed by atoms with Crippen LogP contribution in [0.5, 0.6) is 0 Å². The van der Waals surface area contributed by atoms with E-state index in [4.69, 9.17) is 9.68 Å². The van der Waals surface area contributed by atoms with Crippen LogP contribution in [0.2, 0.25) is 0 Å². The molecule has 1 saturated heterocycles. The number of sulfonamides is 1. The fourth-order valence-corrected chi connectivity index (χ4v) is 2.16. The van der Waals surface area contributed by atoms with E-state index < -0.39 is 15.8 Å². The van der Waals surface area contributed by atoms with Crippen LogP contribution in [0.15, 0.2) is 4.42 Å². The second kappa shape index (κ2) is 4.68. The van der Waals surface area contributed by atoms with Crippen molar-refractivity contribution in [2.45, 2.75) is 18.9 Å². The van der Waals surface area contributed by atoms with E-state index in [0.29, 0.717) is 5.89 Å². The summed E-state index contributed by atoms with van der Waals surface area (Å²) in [7, 11) is -3.72. The van der Waals surface area contributed by atoms with Crippen molar-refractivity contribution in [2.75, 3.05) is 17.0 Å². The van der Waals surface area contributed by atoms with Crippen molar-refractivity contribution < 1.29 is 12.8 Å². The maximum atomic E-state index is 11.3. The fraction of sp³-hybridized carbons (Fsp3) is 0.625. The highest BCUT2D eigenvalue weighted by molar-refractivity contribution is 7.92. The number of nitrogens with one attached hydrogen (secondary N) is 2. The van der Waals surface area contributed by atoms with Crippen molar-refractivity contribution >= 4 is 16.0 Å². The number of nitriles is 1. The summed E-state index contributed by atoms with van der Waals surface area (Å²) < 4.78 is 29.7. The lowest BCUT2D eigenvalue weighted by Crippen LogP contribution is -2.15. The molecule has 1 unspecified atom stereocenters. The smallest absolute Gasteiger partial charge is 0.329 e. The molecule has 17 heavy (non-hydrogen) atoms. The minimum Gasteiger partial charge on any atom is -0.406 e. The first kappa shape index (κ1) is 11.8. The zero-order chi connectivity index (χ0) is 12.3. The first-order valence-corrected chi connectivity index (χ1v) is 6.70. The molecule has 1 atom stereocenters. The SMILES string of the molecule is N#CCS(=O)(=O)Nc1nnc(C2CCCN2)o1. The summed E-state index contributed by atoms with van der Waals surface area (Å²) in [5.41, 5.74) is 0. The van der Waals surface area contributed by atoms with Gasteiger partial charge >= 0.3 is 6.01 Å². The van der Waals surface area contributed by atoms with Crippen LogP contribution in [0.4, 0.5) is 6.01 Å². The molecule has 9 heteroatoms. The second-order valence-corrected chi connectivity index (χ2v) is 5.34. The van der Waals surface area contributed by atoms with Gasteiger partial charge in [-0.05, 0) is 19.4 Å². The van der Waals surface area contributed by atoms with Crippen LogP contribution in [-0.4, -0.2) is 30.9 Å². The van der Waals surface area contributed by atoms with Gasteiger partial charge in [-0.15, -0.1) is 5.10 Å². The Kier molecular flexibility index (Phi) is 3.26. The molecule has 92 valence electrons. The van der Waals surface area contributed by atoms with Crippen LogP contribution in [0.25, 0.3) is 0 Å². The summed E-state index contributed by atoms with van der Waals surface area (Å²) in [5.74, 6) is -0.288. The highest BCUT2D eigenvalue weighted by Gasteiger charge is 2.23. The van der Waals surface area contributed by atoms with Gasteiger partial charge in [-0.25, -0.2) is 13.1 Å². The van der Waals surface area contributed by atoms with Crippen LogP contribution in [0, 0.1) is 11.3 Å². The summed E-state index contributed by atoms with van der Waals surface area (Å²) in [5, 5.41) is 18.8. The molecule has 2 N–H and O–H groups in total. The Bertz CT molecular complexity index is 526. The molecule has 0 amide bonds. The van der Waals surface area contributed by atoms with Crippen molar-refractivity contribution in [3.05, 3.63) is 5.89 Å². The Morgan fingerprint density at radius 2 is 2.41 bits per heavy atom. The van der Waals surface area contributed by atoms with Gasteiger partial charge in [0.1, 0.15) is 0 Å². The van der Waals surface area contributed by atoms with E-state index in [0.717, 1.165) is 19.4 Å². The van der Waals surface area contributed by atoms with Gasteiger partial charge in [0.2, 0.25) is 15.9 Å². The van der Waals surface area contributed by atoms with Crippen LogP contribution in [0.1, 0.15) is 24.8 Å². The van der Waals surface area contributed by atoms with E-state index in [1.165, 1.54) is 6.07 Å². The van der Waals surface area contributed by atoms with E-state index in [1.54, 1.807) is 0 Å². The molecular weight excluding hydrogens is 246 g/mol. The van der Waals surface area contributed by atoms with Gasteiger partial charge in [0.15, 0.2) is 5.75 Å². The predicted molar refractivity (Wildman–Crippen MR) is 57.3 cm³/mol. The lowest BCUT2D eigenvalue weighted by Gasteiger charge is -2.02. The average molecular weight is 257 g/mol. The van der Waals surface area contributed by atoms with Gasteiger partial charge in [0, 0.05) is 0 Å². The Morgan fingerprint density at radius 1 is 1.59 bits per heavy atom. The zero-order valence-electron chi connectivity index (χ0n) is 8.88. The Hall–Kier alpha value is -1.66. The Morgan fingerprint density at radius 3 is 3.06 bits per heavy atom.